The average Bonchev–Trinajstić information content (AvgIpc) is 3.22. The Morgan fingerprint density at radius 1 is 1.50 bits per heavy atom. The van der Waals surface area contributed by atoms with Gasteiger partial charge in [0.05, 0.1) is 18.2 Å². The Labute approximate surface area is 142 Å². The van der Waals surface area contributed by atoms with Crippen LogP contribution in [-0.4, -0.2) is 36.6 Å². The molecule has 7 nitrogen and oxygen atoms in total. The number of aromatic nitrogens is 1. The molecule has 1 aliphatic rings. The predicted octanol–water partition coefficient (Wildman–Crippen LogP) is 2.02. The molecular weight excluding hydrogens is 328 g/mol. The largest absolute Gasteiger partial charge is 0.465 e. The van der Waals surface area contributed by atoms with E-state index in [0.717, 1.165) is 0 Å². The molecule has 0 aliphatic carbocycles. The number of nitrogens with one attached hydrogen (secondary N) is 1. The first kappa shape index (κ1) is 16.0. The van der Waals surface area contributed by atoms with Gasteiger partial charge in [-0.3, -0.25) is 4.79 Å². The lowest BCUT2D eigenvalue weighted by molar-refractivity contribution is -0.117. The Hall–Kier alpha value is -2.92. The van der Waals surface area contributed by atoms with E-state index in [1.54, 1.807) is 28.5 Å². The van der Waals surface area contributed by atoms with Crippen LogP contribution >= 0.6 is 11.3 Å². The second kappa shape index (κ2) is 6.68. The zero-order chi connectivity index (χ0) is 17.1. The van der Waals surface area contributed by atoms with E-state index in [-0.39, 0.29) is 5.91 Å². The van der Waals surface area contributed by atoms with Crippen molar-refractivity contribution in [1.82, 2.24) is 4.98 Å². The highest BCUT2D eigenvalue weighted by atomic mass is 32.1. The molecule has 2 aromatic rings. The highest BCUT2D eigenvalue weighted by Crippen LogP contribution is 2.32. The van der Waals surface area contributed by atoms with Gasteiger partial charge in [0.1, 0.15) is 22.9 Å². The average molecular weight is 342 g/mol. The summed E-state index contributed by atoms with van der Waals surface area (Å²) < 4.78 is 4.75. The van der Waals surface area contributed by atoms with Crippen molar-refractivity contribution in [2.24, 2.45) is 0 Å². The monoisotopic (exact) mass is 342 g/mol. The first-order valence-corrected chi connectivity index (χ1v) is 8.12. The van der Waals surface area contributed by atoms with Gasteiger partial charge in [-0.05, 0) is 30.0 Å². The number of carbonyl (C=O) groups excluding carboxylic acids is 2. The number of ether oxygens (including phenoxy) is 1. The number of thiophene rings is 1. The van der Waals surface area contributed by atoms with E-state index in [9.17, 15) is 9.59 Å². The van der Waals surface area contributed by atoms with Gasteiger partial charge in [-0.1, -0.05) is 0 Å². The van der Waals surface area contributed by atoms with E-state index in [2.05, 4.69) is 10.3 Å². The van der Waals surface area contributed by atoms with Crippen LogP contribution in [-0.2, 0) is 9.53 Å². The van der Waals surface area contributed by atoms with E-state index in [1.807, 2.05) is 6.07 Å². The minimum atomic E-state index is -0.454. The number of esters is 1. The number of methoxy groups -OCH3 is 1. The van der Waals surface area contributed by atoms with Gasteiger partial charge in [0.15, 0.2) is 0 Å². The third-order valence-electron chi connectivity index (χ3n) is 3.72. The van der Waals surface area contributed by atoms with E-state index in [1.165, 1.54) is 24.6 Å². The maximum atomic E-state index is 12.6. The Morgan fingerprint density at radius 3 is 3.00 bits per heavy atom. The van der Waals surface area contributed by atoms with Crippen LogP contribution in [0.3, 0.4) is 0 Å². The summed E-state index contributed by atoms with van der Waals surface area (Å²) >= 11 is 1.33. The maximum Gasteiger partial charge on any atom is 0.340 e. The summed E-state index contributed by atoms with van der Waals surface area (Å²) in [5.74, 6) is -0.0356. The minimum absolute atomic E-state index is 0.117. The SMILES string of the molecule is COC(=O)c1ccsc1N1CCC(Nc2ccc(C#N)cn2)C1=O. The van der Waals surface area contributed by atoms with Crippen LogP contribution in [0.15, 0.2) is 29.8 Å². The fourth-order valence-electron chi connectivity index (χ4n) is 2.52. The molecule has 1 atom stereocenters. The molecule has 1 amide bonds. The third kappa shape index (κ3) is 2.94. The maximum absolute atomic E-state index is 12.6. The second-order valence-corrected chi connectivity index (χ2v) is 6.04. The van der Waals surface area contributed by atoms with Crippen LogP contribution in [0.5, 0.6) is 0 Å². The van der Waals surface area contributed by atoms with Gasteiger partial charge in [0.2, 0.25) is 5.91 Å². The summed E-state index contributed by atoms with van der Waals surface area (Å²) in [6.45, 7) is 0.511. The smallest absolute Gasteiger partial charge is 0.340 e. The molecule has 2 aromatic heterocycles. The lowest BCUT2D eigenvalue weighted by atomic mass is 10.2. The molecule has 0 radical (unpaired) electrons. The van der Waals surface area contributed by atoms with Crippen molar-refractivity contribution in [1.29, 1.82) is 5.26 Å². The van der Waals surface area contributed by atoms with Gasteiger partial charge in [0.25, 0.3) is 0 Å². The first-order chi connectivity index (χ1) is 11.6. The molecule has 1 unspecified atom stereocenters. The zero-order valence-electron chi connectivity index (χ0n) is 12.9. The van der Waals surface area contributed by atoms with Crippen LogP contribution in [0.2, 0.25) is 0 Å². The molecule has 3 rings (SSSR count). The molecule has 8 heteroatoms. The van der Waals surface area contributed by atoms with Gasteiger partial charge < -0.3 is 15.0 Å². The number of hydrogen-bond acceptors (Lipinski definition) is 7. The summed E-state index contributed by atoms with van der Waals surface area (Å²) in [4.78, 5) is 30.1. The van der Waals surface area contributed by atoms with Crippen molar-refractivity contribution in [2.75, 3.05) is 23.9 Å². The molecule has 1 saturated heterocycles. The van der Waals surface area contributed by atoms with E-state index < -0.39 is 12.0 Å². The molecular formula is C16H14N4O3S. The summed E-state index contributed by atoms with van der Waals surface area (Å²) in [6, 6.07) is 6.54. The zero-order valence-corrected chi connectivity index (χ0v) is 13.7. The van der Waals surface area contributed by atoms with Crippen molar-refractivity contribution in [3.05, 3.63) is 40.9 Å². The normalized spacial score (nSPS) is 16.8. The fourth-order valence-corrected chi connectivity index (χ4v) is 3.43. The lowest BCUT2D eigenvalue weighted by Crippen LogP contribution is -2.33. The number of rotatable bonds is 4. The molecule has 0 aromatic carbocycles. The van der Waals surface area contributed by atoms with Gasteiger partial charge in [-0.2, -0.15) is 5.26 Å². The number of anilines is 2. The molecule has 0 bridgehead atoms. The van der Waals surface area contributed by atoms with Crippen LogP contribution in [0.1, 0.15) is 22.3 Å². The Morgan fingerprint density at radius 2 is 2.33 bits per heavy atom. The van der Waals surface area contributed by atoms with E-state index in [4.69, 9.17) is 10.00 Å². The quantitative estimate of drug-likeness (QED) is 0.854. The summed E-state index contributed by atoms with van der Waals surface area (Å²) in [5.41, 5.74) is 0.856. The summed E-state index contributed by atoms with van der Waals surface area (Å²) in [7, 11) is 1.32. The Kier molecular flexibility index (Phi) is 4.44. The number of pyridine rings is 1. The summed E-state index contributed by atoms with van der Waals surface area (Å²) in [5, 5.41) is 14.2. The fraction of sp³-hybridized carbons (Fsp3) is 0.250. The molecule has 0 spiro atoms. The van der Waals surface area contributed by atoms with E-state index >= 15 is 0 Å². The number of carbonyl (C=O) groups is 2. The number of amides is 1. The van der Waals surface area contributed by atoms with Gasteiger partial charge in [-0.15, -0.1) is 11.3 Å². The van der Waals surface area contributed by atoms with Crippen LogP contribution in [0, 0.1) is 11.3 Å². The lowest BCUT2D eigenvalue weighted by Gasteiger charge is -2.17. The molecule has 122 valence electrons. The molecule has 1 aliphatic heterocycles. The van der Waals surface area contributed by atoms with Crippen LogP contribution in [0.25, 0.3) is 0 Å². The molecule has 24 heavy (non-hydrogen) atoms. The van der Waals surface area contributed by atoms with Crippen LogP contribution in [0.4, 0.5) is 10.8 Å². The van der Waals surface area contributed by atoms with Gasteiger partial charge in [-0.25, -0.2) is 9.78 Å². The topological polar surface area (TPSA) is 95.3 Å². The van der Waals surface area contributed by atoms with Gasteiger partial charge in [0, 0.05) is 12.7 Å². The van der Waals surface area contributed by atoms with Gasteiger partial charge >= 0.3 is 5.97 Å². The number of nitriles is 1. The van der Waals surface area contributed by atoms with Crippen molar-refractivity contribution < 1.29 is 14.3 Å². The van der Waals surface area contributed by atoms with Crippen LogP contribution < -0.4 is 10.2 Å². The molecule has 3 heterocycles. The van der Waals surface area contributed by atoms with Crippen molar-refractivity contribution >= 4 is 34.0 Å². The summed E-state index contributed by atoms with van der Waals surface area (Å²) in [6.07, 6.45) is 2.05. The van der Waals surface area contributed by atoms with E-state index in [0.29, 0.717) is 34.9 Å². The highest BCUT2D eigenvalue weighted by molar-refractivity contribution is 7.14. The standard InChI is InChI=1S/C16H14N4O3S/c1-23-16(22)11-5-7-24-15(11)20-6-4-12(14(20)21)19-13-3-2-10(8-17)9-18-13/h2-3,5,7,9,12H,4,6H2,1H3,(H,18,19). The Balaban J connectivity index is 1.74. The predicted molar refractivity (Wildman–Crippen MR) is 89.0 cm³/mol. The first-order valence-electron chi connectivity index (χ1n) is 7.24. The van der Waals surface area contributed by atoms with Crippen molar-refractivity contribution in [2.45, 2.75) is 12.5 Å². The molecule has 1 fully saturated rings. The molecule has 0 saturated carbocycles. The number of hydrogen-bond donors (Lipinski definition) is 1. The Bertz CT molecular complexity index is 809. The molecule has 1 N–H and O–H groups in total. The minimum Gasteiger partial charge on any atom is -0.465 e. The van der Waals surface area contributed by atoms with Crippen molar-refractivity contribution in [3.8, 4) is 6.07 Å². The number of nitrogens with zero attached hydrogens (tertiary/aromatic N) is 3. The van der Waals surface area contributed by atoms with Crippen molar-refractivity contribution in [3.63, 3.8) is 0 Å². The highest BCUT2D eigenvalue weighted by Gasteiger charge is 2.35. The second-order valence-electron chi connectivity index (χ2n) is 5.15. The third-order valence-corrected chi connectivity index (χ3v) is 4.65.